The number of amides is 1. The van der Waals surface area contributed by atoms with E-state index in [1.54, 1.807) is 0 Å². The largest absolute Gasteiger partial charge is 0.337 e. The molecule has 0 radical (unpaired) electrons. The zero-order valence-electron chi connectivity index (χ0n) is 8.79. The summed E-state index contributed by atoms with van der Waals surface area (Å²) in [5.41, 5.74) is 3.99. The fourth-order valence-corrected chi connectivity index (χ4v) is 2.27. The first-order valence-corrected chi connectivity index (χ1v) is 5.67. The number of alkyl halides is 1. The number of carbonyl (C=O) groups excluding carboxylic acids is 1. The molecule has 1 amide bonds. The quantitative estimate of drug-likeness (QED) is 0.668. The zero-order chi connectivity index (χ0) is 10.8. The first-order chi connectivity index (χ1) is 7.22. The predicted molar refractivity (Wildman–Crippen MR) is 61.0 cm³/mol. The number of benzene rings is 1. The van der Waals surface area contributed by atoms with Gasteiger partial charge in [-0.05, 0) is 30.0 Å². The van der Waals surface area contributed by atoms with Gasteiger partial charge in [0, 0.05) is 13.1 Å². The van der Waals surface area contributed by atoms with E-state index < -0.39 is 0 Å². The van der Waals surface area contributed by atoms with Gasteiger partial charge >= 0.3 is 0 Å². The third kappa shape index (κ3) is 2.00. The topological polar surface area (TPSA) is 20.3 Å². The number of fused-ring (bicyclic) bond motifs is 1. The van der Waals surface area contributed by atoms with Crippen molar-refractivity contribution in [3.63, 3.8) is 0 Å². The van der Waals surface area contributed by atoms with Crippen LogP contribution in [-0.4, -0.2) is 23.2 Å². The Morgan fingerprint density at radius 2 is 2.33 bits per heavy atom. The summed E-state index contributed by atoms with van der Waals surface area (Å²) in [6.07, 6.45) is 0.949. The fourth-order valence-electron chi connectivity index (χ4n) is 2.10. The molecule has 1 aromatic rings. The second kappa shape index (κ2) is 4.23. The molecule has 0 atom stereocenters. The Labute approximate surface area is 94.8 Å². The molecule has 1 aromatic carbocycles. The predicted octanol–water partition coefficient (Wildman–Crippen LogP) is 2.12. The Balaban J connectivity index is 2.24. The van der Waals surface area contributed by atoms with Crippen molar-refractivity contribution in [3.05, 3.63) is 34.9 Å². The second-order valence-corrected chi connectivity index (χ2v) is 4.18. The van der Waals surface area contributed by atoms with E-state index in [0.717, 1.165) is 13.0 Å². The molecule has 0 saturated heterocycles. The standard InChI is InChI=1S/C12H14ClNO/c1-9-3-2-4-10-8-14(12(15)7-13)6-5-11(9)10/h2-4H,5-8H2,1H3. The number of hydrogen-bond donors (Lipinski definition) is 0. The van der Waals surface area contributed by atoms with E-state index in [0.29, 0.717) is 6.54 Å². The van der Waals surface area contributed by atoms with Crippen molar-refractivity contribution in [2.45, 2.75) is 19.9 Å². The van der Waals surface area contributed by atoms with Crippen LogP contribution in [0.4, 0.5) is 0 Å². The zero-order valence-corrected chi connectivity index (χ0v) is 9.55. The average Bonchev–Trinajstić information content (AvgIpc) is 2.28. The van der Waals surface area contributed by atoms with E-state index in [2.05, 4.69) is 19.1 Å². The van der Waals surface area contributed by atoms with Crippen molar-refractivity contribution in [3.8, 4) is 0 Å². The number of carbonyl (C=O) groups is 1. The SMILES string of the molecule is Cc1cccc2c1CCN(C(=O)CCl)C2. The van der Waals surface area contributed by atoms with E-state index >= 15 is 0 Å². The van der Waals surface area contributed by atoms with Crippen LogP contribution >= 0.6 is 11.6 Å². The van der Waals surface area contributed by atoms with Crippen molar-refractivity contribution >= 4 is 17.5 Å². The van der Waals surface area contributed by atoms with Gasteiger partial charge in [0.2, 0.25) is 5.91 Å². The van der Waals surface area contributed by atoms with E-state index in [1.165, 1.54) is 16.7 Å². The summed E-state index contributed by atoms with van der Waals surface area (Å²) in [5.74, 6) is 0.116. The van der Waals surface area contributed by atoms with E-state index in [4.69, 9.17) is 11.6 Å². The monoisotopic (exact) mass is 223 g/mol. The number of nitrogens with zero attached hydrogens (tertiary/aromatic N) is 1. The van der Waals surface area contributed by atoms with Gasteiger partial charge in [0.05, 0.1) is 0 Å². The van der Waals surface area contributed by atoms with Crippen LogP contribution in [0.3, 0.4) is 0 Å². The van der Waals surface area contributed by atoms with Gasteiger partial charge in [0.15, 0.2) is 0 Å². The molecule has 1 aliphatic rings. The van der Waals surface area contributed by atoms with Gasteiger partial charge in [0.1, 0.15) is 5.88 Å². The molecular formula is C12H14ClNO. The molecule has 0 aliphatic carbocycles. The number of rotatable bonds is 1. The lowest BCUT2D eigenvalue weighted by Crippen LogP contribution is -2.36. The van der Waals surface area contributed by atoms with Crippen LogP contribution in [0.5, 0.6) is 0 Å². The summed E-state index contributed by atoms with van der Waals surface area (Å²) in [4.78, 5) is 13.3. The van der Waals surface area contributed by atoms with Gasteiger partial charge in [-0.1, -0.05) is 18.2 Å². The summed E-state index contributed by atoms with van der Waals surface area (Å²) in [6.45, 7) is 3.63. The van der Waals surface area contributed by atoms with Gasteiger partial charge in [-0.3, -0.25) is 4.79 Å². The van der Waals surface area contributed by atoms with Crippen LogP contribution in [0.1, 0.15) is 16.7 Å². The van der Waals surface area contributed by atoms with Crippen LogP contribution < -0.4 is 0 Å². The maximum absolute atomic E-state index is 11.5. The first-order valence-electron chi connectivity index (χ1n) is 5.13. The van der Waals surface area contributed by atoms with Gasteiger partial charge in [0.25, 0.3) is 0 Å². The molecule has 0 spiro atoms. The van der Waals surface area contributed by atoms with Crippen LogP contribution in [-0.2, 0) is 17.8 Å². The van der Waals surface area contributed by atoms with Crippen LogP contribution in [0.25, 0.3) is 0 Å². The molecule has 0 aromatic heterocycles. The maximum Gasteiger partial charge on any atom is 0.237 e. The smallest absolute Gasteiger partial charge is 0.237 e. The van der Waals surface area contributed by atoms with Crippen molar-refractivity contribution in [1.29, 1.82) is 0 Å². The molecule has 0 unspecified atom stereocenters. The minimum atomic E-state index is 0.0313. The van der Waals surface area contributed by atoms with E-state index in [9.17, 15) is 4.79 Å². The lowest BCUT2D eigenvalue weighted by molar-refractivity contribution is -0.129. The Morgan fingerprint density at radius 3 is 3.07 bits per heavy atom. The average molecular weight is 224 g/mol. The lowest BCUT2D eigenvalue weighted by atomic mass is 9.95. The summed E-state index contributed by atoms with van der Waals surface area (Å²) in [5, 5.41) is 0. The third-order valence-corrected chi connectivity index (χ3v) is 3.20. The highest BCUT2D eigenvalue weighted by Crippen LogP contribution is 2.21. The number of halogens is 1. The summed E-state index contributed by atoms with van der Waals surface area (Å²) < 4.78 is 0. The Kier molecular flexibility index (Phi) is 2.96. The third-order valence-electron chi connectivity index (χ3n) is 2.97. The minimum Gasteiger partial charge on any atom is -0.337 e. The van der Waals surface area contributed by atoms with Crippen molar-refractivity contribution in [1.82, 2.24) is 4.90 Å². The van der Waals surface area contributed by atoms with Gasteiger partial charge < -0.3 is 4.90 Å². The molecule has 3 heteroatoms. The lowest BCUT2D eigenvalue weighted by Gasteiger charge is -2.29. The van der Waals surface area contributed by atoms with Crippen molar-refractivity contribution < 1.29 is 4.79 Å². The number of aryl methyl sites for hydroxylation is 1. The van der Waals surface area contributed by atoms with Crippen LogP contribution in [0.15, 0.2) is 18.2 Å². The molecule has 1 aliphatic heterocycles. The molecule has 0 fully saturated rings. The fraction of sp³-hybridized carbons (Fsp3) is 0.417. The van der Waals surface area contributed by atoms with Crippen molar-refractivity contribution in [2.75, 3.05) is 12.4 Å². The van der Waals surface area contributed by atoms with Crippen LogP contribution in [0, 0.1) is 6.92 Å². The Hall–Kier alpha value is -1.02. The van der Waals surface area contributed by atoms with Gasteiger partial charge in [-0.15, -0.1) is 11.6 Å². The molecule has 2 nitrogen and oxygen atoms in total. The van der Waals surface area contributed by atoms with Crippen molar-refractivity contribution in [2.24, 2.45) is 0 Å². The summed E-state index contributed by atoms with van der Waals surface area (Å²) in [6, 6.07) is 6.26. The minimum absolute atomic E-state index is 0.0313. The Bertz CT molecular complexity index is 389. The van der Waals surface area contributed by atoms with Gasteiger partial charge in [-0.25, -0.2) is 0 Å². The highest BCUT2D eigenvalue weighted by Gasteiger charge is 2.20. The van der Waals surface area contributed by atoms with E-state index in [-0.39, 0.29) is 11.8 Å². The highest BCUT2D eigenvalue weighted by molar-refractivity contribution is 6.27. The molecule has 0 bridgehead atoms. The highest BCUT2D eigenvalue weighted by atomic mass is 35.5. The molecular weight excluding hydrogens is 210 g/mol. The summed E-state index contributed by atoms with van der Waals surface area (Å²) in [7, 11) is 0. The Morgan fingerprint density at radius 1 is 1.53 bits per heavy atom. The first kappa shape index (κ1) is 10.5. The molecule has 2 rings (SSSR count). The normalized spacial score (nSPS) is 14.9. The molecule has 1 heterocycles. The molecule has 15 heavy (non-hydrogen) atoms. The second-order valence-electron chi connectivity index (χ2n) is 3.91. The maximum atomic E-state index is 11.5. The molecule has 80 valence electrons. The van der Waals surface area contributed by atoms with E-state index in [1.807, 2.05) is 11.0 Å². The molecule has 0 N–H and O–H groups in total. The summed E-state index contributed by atoms with van der Waals surface area (Å²) >= 11 is 5.55. The van der Waals surface area contributed by atoms with Crippen LogP contribution in [0.2, 0.25) is 0 Å². The van der Waals surface area contributed by atoms with Gasteiger partial charge in [-0.2, -0.15) is 0 Å². The molecule has 0 saturated carbocycles. The number of hydrogen-bond acceptors (Lipinski definition) is 1.